The van der Waals surface area contributed by atoms with Crippen LogP contribution in [-0.4, -0.2) is 55.0 Å². The Hall–Kier alpha value is -2.35. The topological polar surface area (TPSA) is 66.9 Å². The molecule has 0 bridgehead atoms. The minimum atomic E-state index is -3.81. The number of benzene rings is 2. The van der Waals surface area contributed by atoms with Crippen molar-refractivity contribution in [3.63, 3.8) is 0 Å². The van der Waals surface area contributed by atoms with Crippen molar-refractivity contribution in [1.29, 1.82) is 0 Å². The number of ether oxygens (including phenoxy) is 1. The Kier molecular flexibility index (Phi) is 8.21. The van der Waals surface area contributed by atoms with Gasteiger partial charge in [0.15, 0.2) is 0 Å². The first-order valence-corrected chi connectivity index (χ1v) is 12.8. The molecule has 178 valence electrons. The van der Waals surface area contributed by atoms with Gasteiger partial charge < -0.3 is 9.64 Å². The Labute approximate surface area is 201 Å². The Morgan fingerprint density at radius 1 is 1.15 bits per heavy atom. The fraction of sp³-hybridized carbons (Fsp3) is 0.400. The average molecular weight is 491 g/mol. The van der Waals surface area contributed by atoms with E-state index in [0.29, 0.717) is 24.4 Å². The molecule has 0 radical (unpaired) electrons. The molecule has 8 heteroatoms. The van der Waals surface area contributed by atoms with Gasteiger partial charge in [-0.2, -0.15) is 4.31 Å². The first kappa shape index (κ1) is 25.3. The van der Waals surface area contributed by atoms with Crippen LogP contribution in [0.25, 0.3) is 6.08 Å². The van der Waals surface area contributed by atoms with Crippen LogP contribution >= 0.6 is 11.6 Å². The first-order valence-electron chi connectivity index (χ1n) is 11.0. The van der Waals surface area contributed by atoms with E-state index in [-0.39, 0.29) is 24.0 Å². The van der Waals surface area contributed by atoms with Crippen molar-refractivity contribution in [2.75, 3.05) is 19.6 Å². The molecule has 1 amide bonds. The second kappa shape index (κ2) is 10.7. The van der Waals surface area contributed by atoms with Crippen molar-refractivity contribution in [1.82, 2.24) is 9.21 Å². The molecule has 3 rings (SSSR count). The molecular weight excluding hydrogens is 460 g/mol. The lowest BCUT2D eigenvalue weighted by Crippen LogP contribution is -2.52. The molecule has 0 aromatic heterocycles. The summed E-state index contributed by atoms with van der Waals surface area (Å²) in [5.74, 6) is 0. The predicted molar refractivity (Wildman–Crippen MR) is 132 cm³/mol. The Balaban J connectivity index is 1.86. The molecule has 1 aliphatic rings. The number of hydrogen-bond acceptors (Lipinski definition) is 4. The number of carbonyl (C=O) groups is 1. The van der Waals surface area contributed by atoms with Gasteiger partial charge in [-0.05, 0) is 63.4 Å². The summed E-state index contributed by atoms with van der Waals surface area (Å²) in [6, 6.07) is 15.5. The standard InChI is InChI=1S/C25H31ClN2O4S/c1-25(2,3)32-24(29)27-17-8-12-22(19-27)28(18-7-11-20-9-5-4-6-10-20)33(30,31)23-15-13-21(26)14-16-23/h4-7,9-11,13-16,22H,8,12,17-19H2,1-3H3/b11-7+. The second-order valence-corrected chi connectivity index (χ2v) is 11.4. The predicted octanol–water partition coefficient (Wildman–Crippen LogP) is 5.44. The van der Waals surface area contributed by atoms with Crippen LogP contribution in [0, 0.1) is 0 Å². The summed E-state index contributed by atoms with van der Waals surface area (Å²) in [4.78, 5) is 14.4. The lowest BCUT2D eigenvalue weighted by Gasteiger charge is -2.38. The number of rotatable bonds is 6. The quantitative estimate of drug-likeness (QED) is 0.540. The van der Waals surface area contributed by atoms with Crippen molar-refractivity contribution in [2.24, 2.45) is 0 Å². The normalized spacial score (nSPS) is 17.5. The van der Waals surface area contributed by atoms with Gasteiger partial charge >= 0.3 is 6.09 Å². The Morgan fingerprint density at radius 3 is 2.45 bits per heavy atom. The molecule has 2 aromatic carbocycles. The number of amides is 1. The minimum absolute atomic E-state index is 0.175. The van der Waals surface area contributed by atoms with Gasteiger partial charge in [-0.1, -0.05) is 54.1 Å². The fourth-order valence-corrected chi connectivity index (χ4v) is 5.45. The molecule has 0 saturated carbocycles. The van der Waals surface area contributed by atoms with Crippen LogP contribution in [0.5, 0.6) is 0 Å². The highest BCUT2D eigenvalue weighted by Gasteiger charge is 2.36. The molecule has 0 N–H and O–H groups in total. The van der Waals surface area contributed by atoms with Crippen molar-refractivity contribution in [3.05, 3.63) is 71.3 Å². The van der Waals surface area contributed by atoms with Gasteiger partial charge in [-0.25, -0.2) is 13.2 Å². The third-order valence-electron chi connectivity index (χ3n) is 5.27. The Bertz CT molecular complexity index is 1060. The van der Waals surface area contributed by atoms with Crippen LogP contribution in [-0.2, 0) is 14.8 Å². The van der Waals surface area contributed by atoms with Crippen LogP contribution in [0.2, 0.25) is 5.02 Å². The van der Waals surface area contributed by atoms with E-state index in [9.17, 15) is 13.2 Å². The number of sulfonamides is 1. The van der Waals surface area contributed by atoms with Gasteiger partial charge in [0, 0.05) is 30.7 Å². The molecule has 6 nitrogen and oxygen atoms in total. The lowest BCUT2D eigenvalue weighted by molar-refractivity contribution is 0.0158. The lowest BCUT2D eigenvalue weighted by atomic mass is 10.1. The summed E-state index contributed by atoms with van der Waals surface area (Å²) in [5, 5.41) is 0.471. The average Bonchev–Trinajstić information content (AvgIpc) is 2.76. The Morgan fingerprint density at radius 2 is 1.82 bits per heavy atom. The number of piperidine rings is 1. The molecule has 33 heavy (non-hydrogen) atoms. The van der Waals surface area contributed by atoms with Crippen LogP contribution in [0.15, 0.2) is 65.6 Å². The van der Waals surface area contributed by atoms with E-state index in [1.54, 1.807) is 17.0 Å². The van der Waals surface area contributed by atoms with Gasteiger partial charge in [0.05, 0.1) is 4.90 Å². The van der Waals surface area contributed by atoms with Crippen molar-refractivity contribution in [3.8, 4) is 0 Å². The summed E-state index contributed by atoms with van der Waals surface area (Å²) < 4.78 is 34.2. The summed E-state index contributed by atoms with van der Waals surface area (Å²) in [5.41, 5.74) is 0.373. The first-order chi connectivity index (χ1) is 15.6. The maximum absolute atomic E-state index is 13.6. The van der Waals surface area contributed by atoms with Crippen LogP contribution < -0.4 is 0 Å². The molecule has 1 fully saturated rings. The van der Waals surface area contributed by atoms with Crippen LogP contribution in [0.4, 0.5) is 4.79 Å². The third kappa shape index (κ3) is 7.06. The van der Waals surface area contributed by atoms with Gasteiger partial charge in [0.25, 0.3) is 0 Å². The maximum atomic E-state index is 13.6. The molecule has 0 spiro atoms. The SMILES string of the molecule is CC(C)(C)OC(=O)N1CCCC(N(C/C=C/c2ccccc2)S(=O)(=O)c2ccc(Cl)cc2)C1. The molecule has 1 aliphatic heterocycles. The van der Waals surface area contributed by atoms with Crippen molar-refractivity contribution >= 4 is 33.8 Å². The monoisotopic (exact) mass is 490 g/mol. The van der Waals surface area contributed by atoms with E-state index in [2.05, 4.69) is 0 Å². The van der Waals surface area contributed by atoms with Gasteiger partial charge in [0.2, 0.25) is 10.0 Å². The molecule has 1 saturated heterocycles. The van der Waals surface area contributed by atoms with Crippen molar-refractivity contribution in [2.45, 2.75) is 50.2 Å². The van der Waals surface area contributed by atoms with Gasteiger partial charge in [0.1, 0.15) is 5.60 Å². The number of nitrogens with zero attached hydrogens (tertiary/aromatic N) is 2. The summed E-state index contributed by atoms with van der Waals surface area (Å²) in [6.45, 7) is 6.46. The van der Waals surface area contributed by atoms with E-state index < -0.39 is 21.7 Å². The van der Waals surface area contributed by atoms with E-state index in [4.69, 9.17) is 16.3 Å². The van der Waals surface area contributed by atoms with E-state index in [1.165, 1.54) is 16.4 Å². The third-order valence-corrected chi connectivity index (χ3v) is 7.46. The zero-order valence-corrected chi connectivity index (χ0v) is 20.8. The number of hydrogen-bond donors (Lipinski definition) is 0. The van der Waals surface area contributed by atoms with E-state index in [1.807, 2.05) is 63.3 Å². The smallest absolute Gasteiger partial charge is 0.410 e. The number of halogens is 1. The molecule has 1 unspecified atom stereocenters. The maximum Gasteiger partial charge on any atom is 0.410 e. The number of carbonyl (C=O) groups excluding carboxylic acids is 1. The fourth-order valence-electron chi connectivity index (χ4n) is 3.72. The molecule has 1 heterocycles. The van der Waals surface area contributed by atoms with E-state index in [0.717, 1.165) is 5.56 Å². The molecular formula is C25H31ClN2O4S. The molecule has 2 aromatic rings. The summed E-state index contributed by atoms with van der Waals surface area (Å²) in [7, 11) is -3.81. The largest absolute Gasteiger partial charge is 0.444 e. The molecule has 1 atom stereocenters. The summed E-state index contributed by atoms with van der Waals surface area (Å²) >= 11 is 5.97. The highest BCUT2D eigenvalue weighted by atomic mass is 35.5. The molecule has 0 aliphatic carbocycles. The van der Waals surface area contributed by atoms with Crippen LogP contribution in [0.3, 0.4) is 0 Å². The van der Waals surface area contributed by atoms with Gasteiger partial charge in [-0.15, -0.1) is 0 Å². The van der Waals surface area contributed by atoms with Crippen LogP contribution in [0.1, 0.15) is 39.2 Å². The highest BCUT2D eigenvalue weighted by Crippen LogP contribution is 2.26. The number of likely N-dealkylation sites (tertiary alicyclic amines) is 1. The highest BCUT2D eigenvalue weighted by molar-refractivity contribution is 7.89. The zero-order valence-electron chi connectivity index (χ0n) is 19.3. The van der Waals surface area contributed by atoms with Gasteiger partial charge in [-0.3, -0.25) is 0 Å². The van der Waals surface area contributed by atoms with E-state index >= 15 is 0 Å². The second-order valence-electron chi connectivity index (χ2n) is 9.06. The zero-order chi connectivity index (χ0) is 24.1. The van der Waals surface area contributed by atoms with Crippen molar-refractivity contribution < 1.29 is 17.9 Å². The minimum Gasteiger partial charge on any atom is -0.444 e. The summed E-state index contributed by atoms with van der Waals surface area (Å²) in [6.07, 6.45) is 4.68.